The number of hydrogen-bond acceptors (Lipinski definition) is 3. The fourth-order valence-electron chi connectivity index (χ4n) is 2.19. The van der Waals surface area contributed by atoms with Gasteiger partial charge in [-0.25, -0.2) is 0 Å². The Morgan fingerprint density at radius 2 is 1.82 bits per heavy atom. The van der Waals surface area contributed by atoms with Crippen LogP contribution in [-0.4, -0.2) is 31.7 Å². The normalized spacial score (nSPS) is 18.9. The van der Waals surface area contributed by atoms with E-state index in [-0.39, 0.29) is 5.78 Å². The lowest BCUT2D eigenvalue weighted by molar-refractivity contribution is -0.0663. The van der Waals surface area contributed by atoms with Gasteiger partial charge in [-0.3, -0.25) is 4.79 Å². The van der Waals surface area contributed by atoms with Gasteiger partial charge in [0.25, 0.3) is 0 Å². The average molecular weight is 234 g/mol. The Kier molecular flexibility index (Phi) is 3.60. The van der Waals surface area contributed by atoms with Crippen molar-refractivity contribution < 1.29 is 14.3 Å². The molecule has 2 rings (SSSR count). The van der Waals surface area contributed by atoms with Crippen LogP contribution in [0.1, 0.15) is 28.8 Å². The fourth-order valence-corrected chi connectivity index (χ4v) is 2.19. The van der Waals surface area contributed by atoms with Gasteiger partial charge < -0.3 is 9.47 Å². The number of carbonyl (C=O) groups excluding carboxylic acids is 1. The SMILES string of the molecule is COC1(C(=O)c2ccc(C)cc2)CCOCC1. The zero-order chi connectivity index (χ0) is 12.3. The van der Waals surface area contributed by atoms with Gasteiger partial charge >= 0.3 is 0 Å². The lowest BCUT2D eigenvalue weighted by Crippen LogP contribution is -2.45. The van der Waals surface area contributed by atoms with Gasteiger partial charge in [0.05, 0.1) is 0 Å². The average Bonchev–Trinajstić information content (AvgIpc) is 2.39. The quantitative estimate of drug-likeness (QED) is 0.753. The highest BCUT2D eigenvalue weighted by molar-refractivity contribution is 6.02. The first kappa shape index (κ1) is 12.3. The molecule has 17 heavy (non-hydrogen) atoms. The van der Waals surface area contributed by atoms with Gasteiger partial charge in [-0.2, -0.15) is 0 Å². The van der Waals surface area contributed by atoms with Crippen molar-refractivity contribution >= 4 is 5.78 Å². The van der Waals surface area contributed by atoms with E-state index in [0.717, 1.165) is 11.1 Å². The molecular weight excluding hydrogens is 216 g/mol. The molecule has 1 fully saturated rings. The van der Waals surface area contributed by atoms with E-state index in [9.17, 15) is 4.79 Å². The first-order valence-electron chi connectivity index (χ1n) is 5.92. The van der Waals surface area contributed by atoms with E-state index in [1.165, 1.54) is 0 Å². The van der Waals surface area contributed by atoms with Crippen LogP contribution in [-0.2, 0) is 9.47 Å². The molecule has 0 spiro atoms. The molecule has 0 amide bonds. The molecule has 92 valence electrons. The Morgan fingerprint density at radius 1 is 1.24 bits per heavy atom. The maximum Gasteiger partial charge on any atom is 0.194 e. The van der Waals surface area contributed by atoms with Crippen LogP contribution in [0.2, 0.25) is 0 Å². The van der Waals surface area contributed by atoms with E-state index in [2.05, 4.69) is 0 Å². The molecule has 1 saturated heterocycles. The van der Waals surface area contributed by atoms with Crippen molar-refractivity contribution in [2.24, 2.45) is 0 Å². The molecule has 0 atom stereocenters. The van der Waals surface area contributed by atoms with Crippen LogP contribution in [0.15, 0.2) is 24.3 Å². The maximum absolute atomic E-state index is 12.5. The number of aryl methyl sites for hydroxylation is 1. The largest absolute Gasteiger partial charge is 0.381 e. The smallest absolute Gasteiger partial charge is 0.194 e. The second-order valence-corrected chi connectivity index (χ2v) is 4.51. The fraction of sp³-hybridized carbons (Fsp3) is 0.500. The zero-order valence-corrected chi connectivity index (χ0v) is 10.4. The van der Waals surface area contributed by atoms with Crippen molar-refractivity contribution in [1.29, 1.82) is 0 Å². The lowest BCUT2D eigenvalue weighted by Gasteiger charge is -2.34. The van der Waals surface area contributed by atoms with Gasteiger partial charge in [-0.15, -0.1) is 0 Å². The molecule has 0 aromatic heterocycles. The van der Waals surface area contributed by atoms with E-state index >= 15 is 0 Å². The van der Waals surface area contributed by atoms with E-state index in [0.29, 0.717) is 26.1 Å². The van der Waals surface area contributed by atoms with Gasteiger partial charge in [0.15, 0.2) is 5.78 Å². The minimum absolute atomic E-state index is 0.0725. The molecule has 1 aromatic carbocycles. The molecular formula is C14H18O3. The predicted octanol–water partition coefficient (Wildman–Crippen LogP) is 2.37. The Bertz CT molecular complexity index is 388. The number of rotatable bonds is 3. The molecule has 0 bridgehead atoms. The molecule has 0 unspecified atom stereocenters. The molecule has 1 heterocycles. The van der Waals surface area contributed by atoms with Crippen molar-refractivity contribution in [3.8, 4) is 0 Å². The van der Waals surface area contributed by atoms with E-state index in [1.807, 2.05) is 31.2 Å². The highest BCUT2D eigenvalue weighted by Gasteiger charge is 2.40. The number of Topliss-reactive ketones (excluding diaryl/α,β-unsaturated/α-hetero) is 1. The zero-order valence-electron chi connectivity index (χ0n) is 10.4. The van der Waals surface area contributed by atoms with Crippen LogP contribution >= 0.6 is 0 Å². The topological polar surface area (TPSA) is 35.5 Å². The van der Waals surface area contributed by atoms with Crippen LogP contribution < -0.4 is 0 Å². The number of methoxy groups -OCH3 is 1. The van der Waals surface area contributed by atoms with Crippen molar-refractivity contribution in [2.75, 3.05) is 20.3 Å². The van der Waals surface area contributed by atoms with Crippen molar-refractivity contribution in [1.82, 2.24) is 0 Å². The summed E-state index contributed by atoms with van der Waals surface area (Å²) in [6.07, 6.45) is 1.27. The van der Waals surface area contributed by atoms with Crippen molar-refractivity contribution in [3.05, 3.63) is 35.4 Å². The summed E-state index contributed by atoms with van der Waals surface area (Å²) in [6, 6.07) is 7.65. The summed E-state index contributed by atoms with van der Waals surface area (Å²) in [5, 5.41) is 0. The van der Waals surface area contributed by atoms with Gasteiger partial charge in [-0.1, -0.05) is 29.8 Å². The summed E-state index contributed by atoms with van der Waals surface area (Å²) in [6.45, 7) is 3.19. The van der Waals surface area contributed by atoms with Crippen molar-refractivity contribution in [3.63, 3.8) is 0 Å². The van der Waals surface area contributed by atoms with Gasteiger partial charge in [0.2, 0.25) is 0 Å². The molecule has 1 aliphatic rings. The first-order chi connectivity index (χ1) is 8.18. The van der Waals surface area contributed by atoms with Gasteiger partial charge in [0.1, 0.15) is 5.60 Å². The summed E-state index contributed by atoms with van der Waals surface area (Å²) in [4.78, 5) is 12.5. The number of carbonyl (C=O) groups is 1. The summed E-state index contributed by atoms with van der Waals surface area (Å²) in [5.41, 5.74) is 1.19. The summed E-state index contributed by atoms with van der Waals surface area (Å²) < 4.78 is 10.8. The highest BCUT2D eigenvalue weighted by atomic mass is 16.5. The lowest BCUT2D eigenvalue weighted by atomic mass is 9.85. The second-order valence-electron chi connectivity index (χ2n) is 4.51. The molecule has 3 nitrogen and oxygen atoms in total. The molecule has 1 aliphatic heterocycles. The van der Waals surface area contributed by atoms with Crippen LogP contribution in [0.4, 0.5) is 0 Å². The molecule has 0 radical (unpaired) electrons. The van der Waals surface area contributed by atoms with Crippen LogP contribution in [0.5, 0.6) is 0 Å². The third-order valence-corrected chi connectivity index (χ3v) is 3.42. The Labute approximate surface area is 102 Å². The summed E-state index contributed by atoms with van der Waals surface area (Å²) in [7, 11) is 1.61. The molecule has 1 aromatic rings. The first-order valence-corrected chi connectivity index (χ1v) is 5.92. The van der Waals surface area contributed by atoms with Gasteiger partial charge in [-0.05, 0) is 6.92 Å². The van der Waals surface area contributed by atoms with E-state index in [4.69, 9.17) is 9.47 Å². The molecule has 0 N–H and O–H groups in total. The van der Waals surface area contributed by atoms with E-state index < -0.39 is 5.60 Å². The van der Waals surface area contributed by atoms with Crippen LogP contribution in [0.25, 0.3) is 0 Å². The van der Waals surface area contributed by atoms with E-state index in [1.54, 1.807) is 7.11 Å². The third kappa shape index (κ3) is 2.40. The standard InChI is InChI=1S/C14H18O3/c1-11-3-5-12(6-4-11)13(15)14(16-2)7-9-17-10-8-14/h3-6H,7-10H2,1-2H3. The summed E-state index contributed by atoms with van der Waals surface area (Å²) >= 11 is 0. The monoisotopic (exact) mass is 234 g/mol. The number of ether oxygens (including phenoxy) is 2. The van der Waals surface area contributed by atoms with Crippen molar-refractivity contribution in [2.45, 2.75) is 25.4 Å². The predicted molar refractivity (Wildman–Crippen MR) is 65.3 cm³/mol. The molecule has 0 aliphatic carbocycles. The number of hydrogen-bond donors (Lipinski definition) is 0. The third-order valence-electron chi connectivity index (χ3n) is 3.42. The Morgan fingerprint density at radius 3 is 2.35 bits per heavy atom. The summed E-state index contributed by atoms with van der Waals surface area (Å²) in [5.74, 6) is 0.0725. The second kappa shape index (κ2) is 4.98. The van der Waals surface area contributed by atoms with Gasteiger partial charge in [0, 0.05) is 38.7 Å². The number of ketones is 1. The molecule has 0 saturated carbocycles. The minimum atomic E-state index is -0.687. The number of benzene rings is 1. The van der Waals surface area contributed by atoms with Crippen LogP contribution in [0, 0.1) is 6.92 Å². The Balaban J connectivity index is 2.25. The Hall–Kier alpha value is -1.19. The minimum Gasteiger partial charge on any atom is -0.381 e. The van der Waals surface area contributed by atoms with Crippen LogP contribution in [0.3, 0.4) is 0 Å². The molecule has 3 heteroatoms. The maximum atomic E-state index is 12.5. The highest BCUT2D eigenvalue weighted by Crippen LogP contribution is 2.28.